The number of nitrogens with two attached hydrogens (primary N) is 1. The van der Waals surface area contributed by atoms with Gasteiger partial charge in [-0.3, -0.25) is 4.79 Å². The summed E-state index contributed by atoms with van der Waals surface area (Å²) in [5, 5.41) is 0. The van der Waals surface area contributed by atoms with Gasteiger partial charge < -0.3 is 10.5 Å². The highest BCUT2D eigenvalue weighted by Gasteiger charge is 2.18. The number of hydrogen-bond donors (Lipinski definition) is 1. The second-order valence-electron chi connectivity index (χ2n) is 4.44. The normalized spacial score (nSPS) is 19.9. The second kappa shape index (κ2) is 6.83. The van der Waals surface area contributed by atoms with Crippen molar-refractivity contribution in [2.75, 3.05) is 6.61 Å². The van der Waals surface area contributed by atoms with E-state index in [0.717, 1.165) is 18.8 Å². The third kappa shape index (κ3) is 4.65. The fourth-order valence-electron chi connectivity index (χ4n) is 2.26. The summed E-state index contributed by atoms with van der Waals surface area (Å²) in [7, 11) is 0. The first kappa shape index (κ1) is 12.5. The fraction of sp³-hybridized carbons (Fsp3) is 0.917. The van der Waals surface area contributed by atoms with Gasteiger partial charge in [-0.15, -0.1) is 0 Å². The Bertz CT molecular complexity index is 188. The molecule has 0 radical (unpaired) electrons. The Labute approximate surface area is 92.4 Å². The van der Waals surface area contributed by atoms with Crippen LogP contribution in [0.25, 0.3) is 0 Å². The molecular formula is C12H23NO2. The predicted molar refractivity (Wildman–Crippen MR) is 60.4 cm³/mol. The maximum Gasteiger partial charge on any atom is 0.322 e. The number of carbonyl (C=O) groups excluding carboxylic acids is 1. The lowest BCUT2D eigenvalue weighted by Gasteiger charge is -2.22. The van der Waals surface area contributed by atoms with Gasteiger partial charge >= 0.3 is 5.97 Å². The zero-order valence-electron chi connectivity index (χ0n) is 9.71. The van der Waals surface area contributed by atoms with E-state index >= 15 is 0 Å². The van der Waals surface area contributed by atoms with Crippen LogP contribution in [0.15, 0.2) is 0 Å². The number of esters is 1. The van der Waals surface area contributed by atoms with Crippen molar-refractivity contribution in [1.82, 2.24) is 0 Å². The molecule has 1 atom stereocenters. The van der Waals surface area contributed by atoms with Crippen molar-refractivity contribution in [1.29, 1.82) is 0 Å². The molecule has 0 aromatic carbocycles. The highest BCUT2D eigenvalue weighted by Crippen LogP contribution is 2.27. The lowest BCUT2D eigenvalue weighted by atomic mass is 9.85. The van der Waals surface area contributed by atoms with E-state index in [-0.39, 0.29) is 5.97 Å². The minimum atomic E-state index is -0.410. The second-order valence-corrected chi connectivity index (χ2v) is 4.44. The molecule has 1 aliphatic rings. The van der Waals surface area contributed by atoms with Gasteiger partial charge in [0.15, 0.2) is 0 Å². The van der Waals surface area contributed by atoms with Crippen LogP contribution in [0.1, 0.15) is 51.9 Å². The molecule has 3 nitrogen and oxygen atoms in total. The lowest BCUT2D eigenvalue weighted by Crippen LogP contribution is -2.32. The van der Waals surface area contributed by atoms with E-state index in [4.69, 9.17) is 10.5 Å². The van der Waals surface area contributed by atoms with E-state index in [0.29, 0.717) is 6.61 Å². The fourth-order valence-corrected chi connectivity index (χ4v) is 2.26. The molecule has 0 unspecified atom stereocenters. The monoisotopic (exact) mass is 213 g/mol. The first-order chi connectivity index (χ1) is 7.24. The maximum atomic E-state index is 11.3. The van der Waals surface area contributed by atoms with Crippen LogP contribution in [-0.4, -0.2) is 18.6 Å². The molecule has 15 heavy (non-hydrogen) atoms. The van der Waals surface area contributed by atoms with Crippen LogP contribution in [0, 0.1) is 5.92 Å². The topological polar surface area (TPSA) is 52.3 Å². The van der Waals surface area contributed by atoms with Crippen molar-refractivity contribution in [3.63, 3.8) is 0 Å². The van der Waals surface area contributed by atoms with Gasteiger partial charge in [0.2, 0.25) is 0 Å². The summed E-state index contributed by atoms with van der Waals surface area (Å²) in [6.07, 6.45) is 8.56. The third-order valence-electron chi connectivity index (χ3n) is 3.20. The van der Waals surface area contributed by atoms with Crippen LogP contribution in [0.5, 0.6) is 0 Å². The average Bonchev–Trinajstić information content (AvgIpc) is 2.27. The number of rotatable bonds is 5. The van der Waals surface area contributed by atoms with Gasteiger partial charge in [0.1, 0.15) is 6.04 Å². The average molecular weight is 213 g/mol. The van der Waals surface area contributed by atoms with Crippen LogP contribution < -0.4 is 5.73 Å². The molecule has 0 bridgehead atoms. The molecule has 0 aromatic heterocycles. The van der Waals surface area contributed by atoms with E-state index in [1.165, 1.54) is 32.1 Å². The van der Waals surface area contributed by atoms with E-state index in [9.17, 15) is 4.79 Å². The van der Waals surface area contributed by atoms with Gasteiger partial charge in [0.25, 0.3) is 0 Å². The molecule has 1 fully saturated rings. The minimum Gasteiger partial charge on any atom is -0.465 e. The Hall–Kier alpha value is -0.570. The molecule has 0 saturated heterocycles. The summed E-state index contributed by atoms with van der Waals surface area (Å²) in [5.41, 5.74) is 5.75. The Balaban J connectivity index is 2.14. The summed E-state index contributed by atoms with van der Waals surface area (Å²) in [6, 6.07) is -0.410. The van der Waals surface area contributed by atoms with Gasteiger partial charge in [0.05, 0.1) is 6.61 Å². The standard InChI is InChI=1S/C12H23NO2/c1-2-15-12(14)11(13)9-8-10-6-4-3-5-7-10/h10-11H,2-9,13H2,1H3/t11-/m0/s1. The van der Waals surface area contributed by atoms with Crippen molar-refractivity contribution < 1.29 is 9.53 Å². The molecule has 0 aliphatic heterocycles. The van der Waals surface area contributed by atoms with Crippen LogP contribution in [-0.2, 0) is 9.53 Å². The molecule has 2 N–H and O–H groups in total. The summed E-state index contributed by atoms with van der Waals surface area (Å²) in [5.74, 6) is 0.549. The van der Waals surface area contributed by atoms with Crippen molar-refractivity contribution in [2.45, 2.75) is 57.9 Å². The van der Waals surface area contributed by atoms with Gasteiger partial charge in [-0.1, -0.05) is 32.1 Å². The molecule has 1 rings (SSSR count). The lowest BCUT2D eigenvalue weighted by molar-refractivity contribution is -0.144. The SMILES string of the molecule is CCOC(=O)[C@@H](N)CCC1CCCCC1. The van der Waals surface area contributed by atoms with Crippen molar-refractivity contribution in [3.05, 3.63) is 0 Å². The summed E-state index contributed by atoms with van der Waals surface area (Å²) in [6.45, 7) is 2.24. The van der Waals surface area contributed by atoms with E-state index < -0.39 is 6.04 Å². The Morgan fingerprint density at radius 1 is 1.40 bits per heavy atom. The van der Waals surface area contributed by atoms with Crippen molar-refractivity contribution >= 4 is 5.97 Å². The highest BCUT2D eigenvalue weighted by atomic mass is 16.5. The minimum absolute atomic E-state index is 0.242. The van der Waals surface area contributed by atoms with E-state index in [1.807, 2.05) is 6.92 Å². The molecule has 1 aliphatic carbocycles. The van der Waals surface area contributed by atoms with Crippen LogP contribution in [0.2, 0.25) is 0 Å². The zero-order chi connectivity index (χ0) is 11.1. The highest BCUT2D eigenvalue weighted by molar-refractivity contribution is 5.75. The predicted octanol–water partition coefficient (Wildman–Crippen LogP) is 2.24. The van der Waals surface area contributed by atoms with Crippen molar-refractivity contribution in [2.24, 2.45) is 11.7 Å². The molecule has 88 valence electrons. The quantitative estimate of drug-likeness (QED) is 0.712. The molecular weight excluding hydrogens is 190 g/mol. The summed E-state index contributed by atoms with van der Waals surface area (Å²) >= 11 is 0. The number of carbonyl (C=O) groups is 1. The first-order valence-corrected chi connectivity index (χ1v) is 6.16. The molecule has 3 heteroatoms. The zero-order valence-corrected chi connectivity index (χ0v) is 9.71. The largest absolute Gasteiger partial charge is 0.465 e. The van der Waals surface area contributed by atoms with E-state index in [1.54, 1.807) is 0 Å². The summed E-state index contributed by atoms with van der Waals surface area (Å²) in [4.78, 5) is 11.3. The first-order valence-electron chi connectivity index (χ1n) is 6.16. The molecule has 0 aromatic rings. The smallest absolute Gasteiger partial charge is 0.322 e. The molecule has 0 spiro atoms. The van der Waals surface area contributed by atoms with Crippen LogP contribution in [0.4, 0.5) is 0 Å². The molecule has 0 amide bonds. The van der Waals surface area contributed by atoms with Gasteiger partial charge in [-0.2, -0.15) is 0 Å². The number of ether oxygens (including phenoxy) is 1. The van der Waals surface area contributed by atoms with Crippen molar-refractivity contribution in [3.8, 4) is 0 Å². The third-order valence-corrected chi connectivity index (χ3v) is 3.20. The Kier molecular flexibility index (Phi) is 5.69. The Morgan fingerprint density at radius 3 is 2.67 bits per heavy atom. The van der Waals surface area contributed by atoms with E-state index in [2.05, 4.69) is 0 Å². The van der Waals surface area contributed by atoms with Gasteiger partial charge in [-0.05, 0) is 25.7 Å². The maximum absolute atomic E-state index is 11.3. The molecule has 0 heterocycles. The van der Waals surface area contributed by atoms with Gasteiger partial charge in [0, 0.05) is 0 Å². The van der Waals surface area contributed by atoms with Crippen LogP contribution in [0.3, 0.4) is 0 Å². The summed E-state index contributed by atoms with van der Waals surface area (Å²) < 4.78 is 4.88. The number of hydrogen-bond acceptors (Lipinski definition) is 3. The molecule has 1 saturated carbocycles. The Morgan fingerprint density at radius 2 is 2.07 bits per heavy atom. The van der Waals surface area contributed by atoms with Gasteiger partial charge in [-0.25, -0.2) is 0 Å². The van der Waals surface area contributed by atoms with Crippen LogP contribution >= 0.6 is 0 Å².